The van der Waals surface area contributed by atoms with E-state index in [0.717, 1.165) is 30.0 Å². The molecule has 2 rings (SSSR count). The van der Waals surface area contributed by atoms with E-state index in [1.54, 1.807) is 0 Å². The zero-order valence-corrected chi connectivity index (χ0v) is 13.9. The maximum atomic E-state index is 11.8. The molecular weight excluding hydrogens is 282 g/mol. The van der Waals surface area contributed by atoms with E-state index < -0.39 is 0 Å². The van der Waals surface area contributed by atoms with Gasteiger partial charge in [-0.05, 0) is 36.8 Å². The molecule has 3 nitrogen and oxygen atoms in total. The van der Waals surface area contributed by atoms with Crippen molar-refractivity contribution in [3.05, 3.63) is 29.8 Å². The van der Waals surface area contributed by atoms with Gasteiger partial charge in [0.15, 0.2) is 0 Å². The number of hydrogen-bond acceptors (Lipinski definition) is 4. The van der Waals surface area contributed by atoms with Gasteiger partial charge < -0.3 is 10.1 Å². The standard InChI is InChI=1S/C17H25NO2S/c1-12(2)17(19)8-13-5-4-6-15(7-13)20-16-9-14(10-16)18-11-21-3/h4-7,12,14,16,18H,8-11H2,1-3H3. The van der Waals surface area contributed by atoms with Gasteiger partial charge in [0, 0.05) is 24.3 Å². The second-order valence-corrected chi connectivity index (χ2v) is 6.86. The summed E-state index contributed by atoms with van der Waals surface area (Å²) in [5.74, 6) is 2.25. The lowest BCUT2D eigenvalue weighted by Gasteiger charge is -2.36. The van der Waals surface area contributed by atoms with Gasteiger partial charge in [0.1, 0.15) is 17.6 Å². The highest BCUT2D eigenvalue weighted by Crippen LogP contribution is 2.26. The van der Waals surface area contributed by atoms with Gasteiger partial charge in [-0.1, -0.05) is 26.0 Å². The van der Waals surface area contributed by atoms with Crippen LogP contribution in [-0.2, 0) is 11.2 Å². The van der Waals surface area contributed by atoms with E-state index in [0.29, 0.717) is 18.6 Å². The van der Waals surface area contributed by atoms with Gasteiger partial charge in [-0.15, -0.1) is 11.8 Å². The first-order valence-corrected chi connectivity index (χ1v) is 8.98. The van der Waals surface area contributed by atoms with E-state index in [1.807, 2.05) is 49.9 Å². The van der Waals surface area contributed by atoms with Gasteiger partial charge in [0.2, 0.25) is 0 Å². The second-order valence-electron chi connectivity index (χ2n) is 5.99. The minimum absolute atomic E-state index is 0.0875. The van der Waals surface area contributed by atoms with Crippen LogP contribution in [0.5, 0.6) is 5.75 Å². The number of ether oxygens (including phenoxy) is 1. The number of ketones is 1. The molecule has 21 heavy (non-hydrogen) atoms. The van der Waals surface area contributed by atoms with Gasteiger partial charge in [-0.3, -0.25) is 4.79 Å². The first-order valence-electron chi connectivity index (χ1n) is 7.59. The van der Waals surface area contributed by atoms with Crippen molar-refractivity contribution in [2.45, 2.75) is 45.3 Å². The molecule has 0 radical (unpaired) electrons. The molecule has 1 fully saturated rings. The number of carbonyl (C=O) groups excluding carboxylic acids is 1. The maximum Gasteiger partial charge on any atom is 0.139 e. The van der Waals surface area contributed by atoms with Crippen LogP contribution in [0.2, 0.25) is 0 Å². The molecule has 1 aliphatic rings. The average Bonchev–Trinajstić information content (AvgIpc) is 2.41. The van der Waals surface area contributed by atoms with Gasteiger partial charge in [0.25, 0.3) is 0 Å². The highest BCUT2D eigenvalue weighted by Gasteiger charge is 2.30. The molecule has 0 saturated heterocycles. The first kappa shape index (κ1) is 16.4. The van der Waals surface area contributed by atoms with Crippen LogP contribution in [0.3, 0.4) is 0 Å². The van der Waals surface area contributed by atoms with E-state index in [4.69, 9.17) is 4.74 Å². The van der Waals surface area contributed by atoms with Gasteiger partial charge >= 0.3 is 0 Å². The Morgan fingerprint density at radius 2 is 2.19 bits per heavy atom. The summed E-state index contributed by atoms with van der Waals surface area (Å²) in [6, 6.07) is 8.54. The molecule has 1 aliphatic carbocycles. The summed E-state index contributed by atoms with van der Waals surface area (Å²) in [5, 5.41) is 3.47. The van der Waals surface area contributed by atoms with Crippen LogP contribution in [0.4, 0.5) is 0 Å². The molecular formula is C17H25NO2S. The van der Waals surface area contributed by atoms with Crippen molar-refractivity contribution in [3.8, 4) is 5.75 Å². The SMILES string of the molecule is CSCNC1CC(Oc2cccc(CC(=O)C(C)C)c2)C1. The van der Waals surface area contributed by atoms with Crippen molar-refractivity contribution in [2.24, 2.45) is 5.92 Å². The predicted octanol–water partition coefficient (Wildman–Crippen LogP) is 3.27. The monoisotopic (exact) mass is 307 g/mol. The zero-order chi connectivity index (χ0) is 15.2. The fourth-order valence-electron chi connectivity index (χ4n) is 2.36. The summed E-state index contributed by atoms with van der Waals surface area (Å²) in [7, 11) is 0. The largest absolute Gasteiger partial charge is 0.490 e. The number of nitrogens with one attached hydrogen (secondary N) is 1. The summed E-state index contributed by atoms with van der Waals surface area (Å²) in [4.78, 5) is 11.8. The Bertz CT molecular complexity index is 470. The van der Waals surface area contributed by atoms with Gasteiger partial charge in [-0.2, -0.15) is 0 Å². The molecule has 1 N–H and O–H groups in total. The minimum atomic E-state index is 0.0875. The summed E-state index contributed by atoms with van der Waals surface area (Å²) in [5.41, 5.74) is 1.04. The molecule has 0 heterocycles. The Morgan fingerprint density at radius 1 is 1.43 bits per heavy atom. The third-order valence-corrected chi connectivity index (χ3v) is 4.29. The van der Waals surface area contributed by atoms with E-state index in [2.05, 4.69) is 11.6 Å². The van der Waals surface area contributed by atoms with E-state index >= 15 is 0 Å². The fraction of sp³-hybridized carbons (Fsp3) is 0.588. The number of benzene rings is 1. The van der Waals surface area contributed by atoms with Crippen LogP contribution in [-0.4, -0.2) is 30.1 Å². The molecule has 0 aliphatic heterocycles. The van der Waals surface area contributed by atoms with Crippen LogP contribution in [0.15, 0.2) is 24.3 Å². The Morgan fingerprint density at radius 3 is 2.86 bits per heavy atom. The number of Topliss-reactive ketones (excluding diaryl/α,β-unsaturated/α-hetero) is 1. The van der Waals surface area contributed by atoms with Crippen molar-refractivity contribution >= 4 is 17.5 Å². The van der Waals surface area contributed by atoms with E-state index in [-0.39, 0.29) is 11.7 Å². The lowest BCUT2D eigenvalue weighted by atomic mass is 9.89. The van der Waals surface area contributed by atoms with Crippen LogP contribution >= 0.6 is 11.8 Å². The maximum absolute atomic E-state index is 11.8. The molecule has 0 unspecified atom stereocenters. The third-order valence-electron chi connectivity index (χ3n) is 3.83. The van der Waals surface area contributed by atoms with Crippen LogP contribution < -0.4 is 10.1 Å². The second kappa shape index (κ2) is 7.85. The third kappa shape index (κ3) is 5.04. The lowest BCUT2D eigenvalue weighted by molar-refractivity contribution is -0.121. The Hall–Kier alpha value is -1.00. The molecule has 4 heteroatoms. The van der Waals surface area contributed by atoms with E-state index in [9.17, 15) is 4.79 Å². The van der Waals surface area contributed by atoms with Crippen molar-refractivity contribution in [3.63, 3.8) is 0 Å². The average molecular weight is 307 g/mol. The summed E-state index contributed by atoms with van der Waals surface area (Å²) < 4.78 is 5.99. The molecule has 1 saturated carbocycles. The Balaban J connectivity index is 1.81. The smallest absolute Gasteiger partial charge is 0.139 e. The summed E-state index contributed by atoms with van der Waals surface area (Å²) in [6.45, 7) is 3.89. The molecule has 0 aromatic heterocycles. The Kier molecular flexibility index (Phi) is 6.12. The number of carbonyl (C=O) groups is 1. The molecule has 1 aromatic carbocycles. The van der Waals surface area contributed by atoms with Crippen molar-refractivity contribution in [1.29, 1.82) is 0 Å². The minimum Gasteiger partial charge on any atom is -0.490 e. The van der Waals surface area contributed by atoms with Crippen molar-refractivity contribution in [2.75, 3.05) is 12.1 Å². The van der Waals surface area contributed by atoms with E-state index in [1.165, 1.54) is 0 Å². The molecule has 1 aromatic rings. The number of hydrogen-bond donors (Lipinski definition) is 1. The van der Waals surface area contributed by atoms with Crippen LogP contribution in [0.25, 0.3) is 0 Å². The van der Waals surface area contributed by atoms with Gasteiger partial charge in [0.05, 0.1) is 0 Å². The van der Waals surface area contributed by atoms with Crippen molar-refractivity contribution < 1.29 is 9.53 Å². The molecule has 0 spiro atoms. The molecule has 0 atom stereocenters. The number of rotatable bonds is 8. The molecule has 0 amide bonds. The topological polar surface area (TPSA) is 38.3 Å². The fourth-order valence-corrected chi connectivity index (χ4v) is 2.76. The quantitative estimate of drug-likeness (QED) is 0.748. The summed E-state index contributed by atoms with van der Waals surface area (Å²) in [6.07, 6.45) is 5.03. The van der Waals surface area contributed by atoms with Crippen LogP contribution in [0.1, 0.15) is 32.3 Å². The first-order chi connectivity index (χ1) is 10.1. The Labute approximate surface area is 131 Å². The highest BCUT2D eigenvalue weighted by atomic mass is 32.2. The van der Waals surface area contributed by atoms with Gasteiger partial charge in [-0.25, -0.2) is 0 Å². The highest BCUT2D eigenvalue weighted by molar-refractivity contribution is 7.98. The molecule has 116 valence electrons. The molecule has 0 bridgehead atoms. The van der Waals surface area contributed by atoms with Crippen LogP contribution in [0, 0.1) is 5.92 Å². The number of thioether (sulfide) groups is 1. The lowest BCUT2D eigenvalue weighted by Crippen LogP contribution is -2.46. The predicted molar refractivity (Wildman–Crippen MR) is 88.9 cm³/mol. The van der Waals surface area contributed by atoms with Crippen molar-refractivity contribution in [1.82, 2.24) is 5.32 Å². The summed E-state index contributed by atoms with van der Waals surface area (Å²) >= 11 is 1.81. The normalized spacial score (nSPS) is 21.1. The zero-order valence-electron chi connectivity index (χ0n) is 13.1.